The lowest BCUT2D eigenvalue weighted by molar-refractivity contribution is -0.141. The molecule has 0 bridgehead atoms. The molecule has 47 heavy (non-hydrogen) atoms. The lowest BCUT2D eigenvalue weighted by Gasteiger charge is -2.46. The number of ether oxygens (including phenoxy) is 1. The zero-order chi connectivity index (χ0) is 33.6. The highest BCUT2D eigenvalue weighted by molar-refractivity contribution is 9.10. The number of nitrogens with zero attached hydrogens (tertiary/aromatic N) is 6. The zero-order valence-electron chi connectivity index (χ0n) is 28.4. The zero-order valence-corrected chi connectivity index (χ0v) is 30.7. The minimum absolute atomic E-state index is 0.0190. The Bertz CT molecular complexity index is 1620. The highest BCUT2D eigenvalue weighted by Crippen LogP contribution is 2.39. The number of imidazole rings is 1. The number of pyridine rings is 1. The average molecular weight is 726 g/mol. The molecule has 11 heteroatoms. The lowest BCUT2D eigenvalue weighted by atomic mass is 9.94. The Morgan fingerprint density at radius 2 is 1.81 bits per heavy atom. The smallest absolute Gasteiger partial charge is 0.411 e. The standard InChI is InChI=1S/C36H46BrClN6O3/c1-22-23(2)44(24(3)40-22)20-25-8-7-13-42(19-25)34(45)31-21-41(14-15-43(31)35(46)47-36(4,5)6)33-30-12-11-29(38)17-26(30)9-10-27-16-28(37)18-39-32(27)33/h11-12,16-18,25,31,33H,7-10,13-15,19-21H2,1-6H3/t25-,31+,33-/m0/s1. The Hall–Kier alpha value is -2.95. The minimum atomic E-state index is -0.686. The number of amides is 2. The van der Waals surface area contributed by atoms with Crippen LogP contribution in [0.2, 0.25) is 5.02 Å². The maximum atomic E-state index is 14.6. The third-order valence-electron chi connectivity index (χ3n) is 9.90. The average Bonchev–Trinajstić information content (AvgIpc) is 3.16. The molecule has 0 spiro atoms. The summed E-state index contributed by atoms with van der Waals surface area (Å²) in [5.41, 5.74) is 6.06. The Morgan fingerprint density at radius 1 is 1.04 bits per heavy atom. The van der Waals surface area contributed by atoms with Crippen LogP contribution in [0.25, 0.3) is 0 Å². The summed E-state index contributed by atoms with van der Waals surface area (Å²) in [7, 11) is 0. The van der Waals surface area contributed by atoms with Crippen molar-refractivity contribution < 1.29 is 14.3 Å². The molecule has 0 N–H and O–H groups in total. The molecule has 0 saturated carbocycles. The monoisotopic (exact) mass is 724 g/mol. The Labute approximate surface area is 291 Å². The molecule has 9 nitrogen and oxygen atoms in total. The number of aromatic nitrogens is 3. The van der Waals surface area contributed by atoms with E-state index in [1.807, 2.05) is 51.8 Å². The molecule has 3 atom stereocenters. The van der Waals surface area contributed by atoms with E-state index in [2.05, 4.69) is 55.5 Å². The van der Waals surface area contributed by atoms with E-state index in [-0.39, 0.29) is 11.9 Å². The summed E-state index contributed by atoms with van der Waals surface area (Å²) in [6.45, 7) is 15.3. The van der Waals surface area contributed by atoms with Gasteiger partial charge in [-0.15, -0.1) is 0 Å². The molecule has 2 aromatic heterocycles. The van der Waals surface area contributed by atoms with E-state index < -0.39 is 17.7 Å². The van der Waals surface area contributed by atoms with Crippen molar-refractivity contribution >= 4 is 39.5 Å². The Kier molecular flexibility index (Phi) is 9.76. The minimum Gasteiger partial charge on any atom is -0.444 e. The van der Waals surface area contributed by atoms with E-state index in [0.717, 1.165) is 59.5 Å². The van der Waals surface area contributed by atoms with Crippen molar-refractivity contribution in [3.63, 3.8) is 0 Å². The van der Waals surface area contributed by atoms with Gasteiger partial charge in [0.1, 0.15) is 17.5 Å². The molecule has 2 fully saturated rings. The summed E-state index contributed by atoms with van der Waals surface area (Å²) in [5, 5.41) is 0.710. The van der Waals surface area contributed by atoms with Crippen LogP contribution in [0.4, 0.5) is 4.79 Å². The van der Waals surface area contributed by atoms with Crippen LogP contribution in [0.15, 0.2) is 34.9 Å². The summed E-state index contributed by atoms with van der Waals surface area (Å²) < 4.78 is 9.09. The fourth-order valence-electron chi connectivity index (χ4n) is 7.55. The highest BCUT2D eigenvalue weighted by atomic mass is 79.9. The van der Waals surface area contributed by atoms with Crippen LogP contribution in [-0.2, 0) is 28.9 Å². The van der Waals surface area contributed by atoms with E-state index >= 15 is 0 Å². The number of piperazine rings is 1. The van der Waals surface area contributed by atoms with Crippen molar-refractivity contribution in [1.82, 2.24) is 29.2 Å². The second-order valence-corrected chi connectivity index (χ2v) is 15.7. The molecule has 1 aromatic carbocycles. The van der Waals surface area contributed by atoms with Crippen LogP contribution >= 0.6 is 27.5 Å². The van der Waals surface area contributed by atoms with E-state index in [1.54, 1.807) is 4.90 Å². The molecule has 3 aromatic rings. The normalized spacial score (nSPS) is 22.0. The van der Waals surface area contributed by atoms with E-state index in [9.17, 15) is 9.59 Å². The number of halogens is 2. The fourth-order valence-corrected chi connectivity index (χ4v) is 8.12. The number of hydrogen-bond donors (Lipinski definition) is 0. The third kappa shape index (κ3) is 7.25. The summed E-state index contributed by atoms with van der Waals surface area (Å²) in [6.07, 6.45) is 5.07. The number of carbonyl (C=O) groups excluding carboxylic acids is 2. The van der Waals surface area contributed by atoms with Crippen LogP contribution in [-0.4, -0.2) is 85.6 Å². The van der Waals surface area contributed by atoms with Crippen LogP contribution in [0, 0.1) is 26.7 Å². The van der Waals surface area contributed by atoms with Crippen LogP contribution in [0.5, 0.6) is 0 Å². The van der Waals surface area contributed by atoms with E-state index in [0.29, 0.717) is 43.7 Å². The van der Waals surface area contributed by atoms with E-state index in [4.69, 9.17) is 21.3 Å². The van der Waals surface area contributed by atoms with Crippen molar-refractivity contribution in [3.05, 3.63) is 79.6 Å². The Balaban J connectivity index is 1.32. The SMILES string of the molecule is Cc1nc(C)n(C[C@H]2CCCN(C(=O)[C@H]3CN([C@H]4c5ccc(Cl)cc5CCc5cc(Br)cnc54)CCN3C(=O)OC(C)(C)C)C2)c1C. The number of hydrogen-bond acceptors (Lipinski definition) is 6. The molecule has 6 rings (SSSR count). The molecular weight excluding hydrogens is 680 g/mol. The largest absolute Gasteiger partial charge is 0.444 e. The van der Waals surface area contributed by atoms with Gasteiger partial charge < -0.3 is 14.2 Å². The van der Waals surface area contributed by atoms with Gasteiger partial charge in [0.15, 0.2) is 0 Å². The molecule has 4 heterocycles. The van der Waals surface area contributed by atoms with Gasteiger partial charge in [-0.2, -0.15) is 0 Å². The summed E-state index contributed by atoms with van der Waals surface area (Å²) in [6, 6.07) is 7.40. The van der Waals surface area contributed by atoms with Crippen LogP contribution < -0.4 is 0 Å². The molecule has 0 radical (unpaired) electrons. The van der Waals surface area contributed by atoms with Gasteiger partial charge in [-0.05, 0) is 124 Å². The molecule has 2 amide bonds. The van der Waals surface area contributed by atoms with Crippen molar-refractivity contribution in [3.8, 4) is 0 Å². The highest BCUT2D eigenvalue weighted by Gasteiger charge is 2.43. The van der Waals surface area contributed by atoms with Crippen molar-refractivity contribution in [2.24, 2.45) is 5.92 Å². The summed E-state index contributed by atoms with van der Waals surface area (Å²) >= 11 is 10.1. The number of aryl methyl sites for hydroxylation is 4. The molecule has 1 aliphatic carbocycles. The first-order chi connectivity index (χ1) is 22.3. The van der Waals surface area contributed by atoms with Crippen molar-refractivity contribution in [2.75, 3.05) is 32.7 Å². The number of fused-ring (bicyclic) bond motifs is 2. The third-order valence-corrected chi connectivity index (χ3v) is 10.6. The summed E-state index contributed by atoms with van der Waals surface area (Å²) in [5.74, 6) is 1.30. The Morgan fingerprint density at radius 3 is 2.53 bits per heavy atom. The second kappa shape index (κ2) is 13.5. The topological polar surface area (TPSA) is 83.8 Å². The van der Waals surface area contributed by atoms with Crippen molar-refractivity contribution in [2.45, 2.75) is 91.5 Å². The molecule has 2 aliphatic heterocycles. The molecular formula is C36H46BrClN6O3. The van der Waals surface area contributed by atoms with Gasteiger partial charge in [0.2, 0.25) is 5.91 Å². The number of likely N-dealkylation sites (tertiary alicyclic amines) is 1. The molecule has 2 saturated heterocycles. The van der Waals surface area contributed by atoms with Gasteiger partial charge in [0.05, 0.1) is 17.4 Å². The van der Waals surface area contributed by atoms with Crippen molar-refractivity contribution in [1.29, 1.82) is 0 Å². The first kappa shape index (κ1) is 33.9. The second-order valence-electron chi connectivity index (χ2n) is 14.4. The van der Waals surface area contributed by atoms with E-state index in [1.165, 1.54) is 16.8 Å². The lowest BCUT2D eigenvalue weighted by Crippen LogP contribution is -2.63. The van der Waals surface area contributed by atoms with Gasteiger partial charge in [0, 0.05) is 60.7 Å². The predicted molar refractivity (Wildman–Crippen MR) is 187 cm³/mol. The van der Waals surface area contributed by atoms with Gasteiger partial charge >= 0.3 is 6.09 Å². The number of carbonyl (C=O) groups is 2. The first-order valence-corrected chi connectivity index (χ1v) is 17.9. The maximum Gasteiger partial charge on any atom is 0.411 e. The molecule has 252 valence electrons. The van der Waals surface area contributed by atoms with Crippen LogP contribution in [0.1, 0.15) is 79.3 Å². The first-order valence-electron chi connectivity index (χ1n) is 16.7. The maximum absolute atomic E-state index is 14.6. The number of piperidine rings is 1. The van der Waals surface area contributed by atoms with Gasteiger partial charge in [-0.1, -0.05) is 17.7 Å². The van der Waals surface area contributed by atoms with Crippen LogP contribution in [0.3, 0.4) is 0 Å². The number of rotatable bonds is 4. The van der Waals surface area contributed by atoms with Gasteiger partial charge in [0.25, 0.3) is 0 Å². The molecule has 0 unspecified atom stereocenters. The number of benzene rings is 1. The fraction of sp³-hybridized carbons (Fsp3) is 0.556. The summed E-state index contributed by atoms with van der Waals surface area (Å²) in [4.78, 5) is 43.9. The quantitative estimate of drug-likeness (QED) is 0.299. The van der Waals surface area contributed by atoms with Gasteiger partial charge in [-0.25, -0.2) is 9.78 Å². The molecule has 3 aliphatic rings. The predicted octanol–water partition coefficient (Wildman–Crippen LogP) is 6.67. The van der Waals surface area contributed by atoms with Gasteiger partial charge in [-0.3, -0.25) is 19.6 Å².